The maximum atomic E-state index is 13.7. The average Bonchev–Trinajstić information content (AvgIpc) is 2.43. The van der Waals surface area contributed by atoms with Crippen molar-refractivity contribution in [3.63, 3.8) is 0 Å². The molecule has 108 valence electrons. The van der Waals surface area contributed by atoms with E-state index in [0.717, 1.165) is 24.4 Å². The van der Waals surface area contributed by atoms with Gasteiger partial charge in [0.1, 0.15) is 16.5 Å². The Labute approximate surface area is 125 Å². The first-order valence-electron chi connectivity index (χ1n) is 5.47. The number of nitrogens with one attached hydrogen (secondary N) is 1. The second-order valence-corrected chi connectivity index (χ2v) is 6.04. The first-order chi connectivity index (χ1) is 9.83. The molecule has 0 amide bonds. The lowest BCUT2D eigenvalue weighted by molar-refractivity contribution is 0.598. The highest BCUT2D eigenvalue weighted by molar-refractivity contribution is 7.92. The Bertz CT molecular complexity index is 849. The number of rotatable bonds is 3. The Morgan fingerprint density at radius 1 is 1.38 bits per heavy atom. The van der Waals surface area contributed by atoms with Crippen LogP contribution in [-0.2, 0) is 10.0 Å². The van der Waals surface area contributed by atoms with Crippen LogP contribution >= 0.6 is 11.6 Å². The van der Waals surface area contributed by atoms with Crippen LogP contribution in [0.3, 0.4) is 0 Å². The van der Waals surface area contributed by atoms with Crippen LogP contribution in [0.4, 0.5) is 15.9 Å². The second kappa shape index (κ2) is 5.55. The third-order valence-corrected chi connectivity index (χ3v) is 4.13. The van der Waals surface area contributed by atoms with Crippen molar-refractivity contribution >= 4 is 33.1 Å². The van der Waals surface area contributed by atoms with Crippen molar-refractivity contribution in [2.24, 2.45) is 0 Å². The zero-order chi connectivity index (χ0) is 15.6. The normalized spacial score (nSPS) is 10.9. The summed E-state index contributed by atoms with van der Waals surface area (Å²) in [6.07, 6.45) is 1.01. The molecule has 1 heterocycles. The minimum atomic E-state index is -4.07. The highest BCUT2D eigenvalue weighted by Gasteiger charge is 2.18. The molecule has 1 aromatic heterocycles. The van der Waals surface area contributed by atoms with Crippen LogP contribution in [0.5, 0.6) is 0 Å². The van der Waals surface area contributed by atoms with E-state index in [2.05, 4.69) is 4.98 Å². The first-order valence-corrected chi connectivity index (χ1v) is 7.33. The van der Waals surface area contributed by atoms with E-state index in [1.54, 1.807) is 6.07 Å². The summed E-state index contributed by atoms with van der Waals surface area (Å²) in [5, 5.41) is 8.60. The van der Waals surface area contributed by atoms with E-state index in [1.807, 2.05) is 4.72 Å². The summed E-state index contributed by atoms with van der Waals surface area (Å²) >= 11 is 5.70. The van der Waals surface area contributed by atoms with Gasteiger partial charge in [-0.3, -0.25) is 4.72 Å². The van der Waals surface area contributed by atoms with Gasteiger partial charge in [-0.15, -0.1) is 0 Å². The van der Waals surface area contributed by atoms with Gasteiger partial charge < -0.3 is 5.73 Å². The smallest absolute Gasteiger partial charge is 0.263 e. The van der Waals surface area contributed by atoms with E-state index in [9.17, 15) is 12.8 Å². The summed E-state index contributed by atoms with van der Waals surface area (Å²) in [6.45, 7) is 0. The maximum Gasteiger partial charge on any atom is 0.263 e. The van der Waals surface area contributed by atoms with E-state index in [0.29, 0.717) is 0 Å². The van der Waals surface area contributed by atoms with Crippen LogP contribution in [0.2, 0.25) is 5.02 Å². The summed E-state index contributed by atoms with van der Waals surface area (Å²) in [4.78, 5) is 3.37. The number of hydrogen-bond acceptors (Lipinski definition) is 5. The molecule has 3 N–H and O–H groups in total. The van der Waals surface area contributed by atoms with Gasteiger partial charge in [0.15, 0.2) is 0 Å². The van der Waals surface area contributed by atoms with Crippen molar-refractivity contribution in [3.8, 4) is 6.07 Å². The van der Waals surface area contributed by atoms with Crippen LogP contribution in [-0.4, -0.2) is 13.4 Å². The number of pyridine rings is 1. The lowest BCUT2D eigenvalue weighted by Crippen LogP contribution is -2.14. The molecule has 9 heteroatoms. The minimum absolute atomic E-state index is 0.0137. The first kappa shape index (κ1) is 15.0. The van der Waals surface area contributed by atoms with E-state index < -0.39 is 15.8 Å². The van der Waals surface area contributed by atoms with Crippen molar-refractivity contribution in [2.75, 3.05) is 10.5 Å². The predicted octanol–water partition coefficient (Wildman–Crippen LogP) is 2.13. The number of benzene rings is 1. The van der Waals surface area contributed by atoms with Gasteiger partial charge >= 0.3 is 0 Å². The zero-order valence-electron chi connectivity index (χ0n) is 10.3. The third kappa shape index (κ3) is 3.21. The molecule has 0 fully saturated rings. The molecule has 0 bridgehead atoms. The van der Waals surface area contributed by atoms with Gasteiger partial charge in [0.25, 0.3) is 10.0 Å². The van der Waals surface area contributed by atoms with E-state index in [-0.39, 0.29) is 27.0 Å². The minimum Gasteiger partial charge on any atom is -0.382 e. The summed E-state index contributed by atoms with van der Waals surface area (Å²) in [5.41, 5.74) is 5.18. The van der Waals surface area contributed by atoms with Gasteiger partial charge in [-0.1, -0.05) is 11.6 Å². The fourth-order valence-electron chi connectivity index (χ4n) is 1.45. The number of aromatic nitrogens is 1. The number of nitriles is 1. The second-order valence-electron chi connectivity index (χ2n) is 3.95. The molecule has 2 rings (SSSR count). The highest BCUT2D eigenvalue weighted by atomic mass is 35.5. The number of sulfonamides is 1. The number of anilines is 2. The van der Waals surface area contributed by atoms with Crippen molar-refractivity contribution in [2.45, 2.75) is 4.90 Å². The molecule has 2 aromatic rings. The molecule has 1 aromatic carbocycles. The molecule has 21 heavy (non-hydrogen) atoms. The number of nitrogen functional groups attached to an aromatic ring is 1. The molecule has 0 aliphatic heterocycles. The number of nitrogens with two attached hydrogens (primary N) is 1. The lowest BCUT2D eigenvalue weighted by Gasteiger charge is -2.09. The molecule has 0 spiro atoms. The van der Waals surface area contributed by atoms with Gasteiger partial charge in [-0.25, -0.2) is 17.8 Å². The monoisotopic (exact) mass is 326 g/mol. The summed E-state index contributed by atoms with van der Waals surface area (Å²) < 4.78 is 39.9. The molecular formula is C12H8ClFN4O2S. The zero-order valence-corrected chi connectivity index (χ0v) is 11.9. The van der Waals surface area contributed by atoms with Crippen molar-refractivity contribution in [3.05, 3.63) is 46.9 Å². The fraction of sp³-hybridized carbons (Fsp3) is 0. The topological polar surface area (TPSA) is 109 Å². The molecule has 0 aliphatic rings. The lowest BCUT2D eigenvalue weighted by atomic mass is 10.2. The molecule has 0 radical (unpaired) electrons. The van der Waals surface area contributed by atoms with E-state index in [4.69, 9.17) is 22.6 Å². The summed E-state index contributed by atoms with van der Waals surface area (Å²) in [6, 6.07) is 6.21. The maximum absolute atomic E-state index is 13.7. The van der Waals surface area contributed by atoms with Gasteiger partial charge in [0.2, 0.25) is 0 Å². The largest absolute Gasteiger partial charge is 0.382 e. The Morgan fingerprint density at radius 2 is 2.10 bits per heavy atom. The van der Waals surface area contributed by atoms with Crippen LogP contribution in [0.25, 0.3) is 0 Å². The fourth-order valence-corrected chi connectivity index (χ4v) is 2.72. The molecule has 0 atom stereocenters. The molecule has 0 unspecified atom stereocenters. The van der Waals surface area contributed by atoms with Crippen LogP contribution in [0, 0.1) is 17.1 Å². The van der Waals surface area contributed by atoms with Gasteiger partial charge in [0.05, 0.1) is 22.3 Å². The number of halogens is 2. The standard InChI is InChI=1S/C12H8ClFN4O2S/c13-9-4-8(6-17-12(9)16)21(19,20)18-11-2-1-7(5-15)3-10(11)14/h1-4,6,18H,(H2,16,17). The third-order valence-electron chi connectivity index (χ3n) is 2.50. The van der Waals surface area contributed by atoms with E-state index >= 15 is 0 Å². The Morgan fingerprint density at radius 3 is 2.67 bits per heavy atom. The van der Waals surface area contributed by atoms with Crippen molar-refractivity contribution < 1.29 is 12.8 Å². The van der Waals surface area contributed by atoms with Gasteiger partial charge in [-0.2, -0.15) is 5.26 Å². The molecule has 0 aliphatic carbocycles. The van der Waals surface area contributed by atoms with Crippen LogP contribution < -0.4 is 10.5 Å². The Balaban J connectivity index is 2.37. The van der Waals surface area contributed by atoms with Gasteiger partial charge in [0, 0.05) is 6.20 Å². The highest BCUT2D eigenvalue weighted by Crippen LogP contribution is 2.23. The molecule has 0 saturated carbocycles. The Hall–Kier alpha value is -2.37. The number of nitrogens with zero attached hydrogens (tertiary/aromatic N) is 2. The molecule has 0 saturated heterocycles. The quantitative estimate of drug-likeness (QED) is 0.898. The average molecular weight is 327 g/mol. The molecular weight excluding hydrogens is 319 g/mol. The van der Waals surface area contributed by atoms with Crippen molar-refractivity contribution in [1.82, 2.24) is 4.98 Å². The van der Waals surface area contributed by atoms with Crippen LogP contribution in [0.1, 0.15) is 5.56 Å². The summed E-state index contributed by atoms with van der Waals surface area (Å²) in [7, 11) is -4.07. The van der Waals surface area contributed by atoms with Crippen LogP contribution in [0.15, 0.2) is 35.4 Å². The SMILES string of the molecule is N#Cc1ccc(NS(=O)(=O)c2cnc(N)c(Cl)c2)c(F)c1. The number of hydrogen-bond donors (Lipinski definition) is 2. The van der Waals surface area contributed by atoms with Crippen molar-refractivity contribution in [1.29, 1.82) is 5.26 Å². The summed E-state index contributed by atoms with van der Waals surface area (Å²) in [5.74, 6) is -0.882. The molecule has 6 nitrogen and oxygen atoms in total. The van der Waals surface area contributed by atoms with Gasteiger partial charge in [-0.05, 0) is 24.3 Å². The predicted molar refractivity (Wildman–Crippen MR) is 75.6 cm³/mol. The van der Waals surface area contributed by atoms with E-state index in [1.165, 1.54) is 6.07 Å². The Kier molecular flexibility index (Phi) is 3.97.